The molecular weight excluding hydrogens is 512 g/mol. The Kier molecular flexibility index (Phi) is 6.80. The van der Waals surface area contributed by atoms with E-state index in [1.807, 2.05) is 49.6 Å². The molecule has 0 bridgehead atoms. The number of piperidine rings is 1. The molecule has 2 fully saturated rings. The van der Waals surface area contributed by atoms with Crippen molar-refractivity contribution in [3.63, 3.8) is 0 Å². The molecule has 0 aliphatic carbocycles. The van der Waals surface area contributed by atoms with E-state index in [1.165, 1.54) is 12.8 Å². The highest BCUT2D eigenvalue weighted by Crippen LogP contribution is 2.44. The summed E-state index contributed by atoms with van der Waals surface area (Å²) in [5, 5.41) is 4.94. The Morgan fingerprint density at radius 3 is 2.55 bits per heavy atom. The number of thiocarbonyl (C=S) groups is 1. The molecule has 1 aromatic carbocycles. The Bertz CT molecular complexity index is 1430. The molecule has 38 heavy (non-hydrogen) atoms. The zero-order valence-corrected chi connectivity index (χ0v) is 23.2. The van der Waals surface area contributed by atoms with Crippen molar-refractivity contribution >= 4 is 40.3 Å². The van der Waals surface area contributed by atoms with Gasteiger partial charge in [-0.2, -0.15) is 0 Å². The first-order valence-electron chi connectivity index (χ1n) is 13.1. The van der Waals surface area contributed by atoms with Gasteiger partial charge in [0.25, 0.3) is 0 Å². The third-order valence-corrected chi connectivity index (χ3v) is 8.28. The maximum Gasteiger partial charge on any atom is 0.174 e. The van der Waals surface area contributed by atoms with Crippen LogP contribution in [0, 0.1) is 12.8 Å². The van der Waals surface area contributed by atoms with Gasteiger partial charge >= 0.3 is 0 Å². The van der Waals surface area contributed by atoms with Crippen molar-refractivity contribution in [1.29, 1.82) is 0 Å². The van der Waals surface area contributed by atoms with Crippen molar-refractivity contribution in [2.45, 2.75) is 38.8 Å². The molecule has 0 saturated carbocycles. The predicted octanol–water partition coefficient (Wildman–Crippen LogP) is 6.64. The summed E-state index contributed by atoms with van der Waals surface area (Å²) in [5.41, 5.74) is 5.16. The molecule has 2 aliphatic rings. The summed E-state index contributed by atoms with van der Waals surface area (Å²) in [6.45, 7) is 6.43. The maximum atomic E-state index is 6.93. The van der Waals surface area contributed by atoms with Crippen LogP contribution in [0.5, 0.6) is 0 Å². The molecule has 2 aliphatic heterocycles. The molecule has 1 N–H and O–H groups in total. The lowest BCUT2D eigenvalue weighted by Gasteiger charge is -2.33. The van der Waals surface area contributed by atoms with Crippen LogP contribution in [0.15, 0.2) is 79.3 Å². The van der Waals surface area contributed by atoms with E-state index < -0.39 is 0 Å². The van der Waals surface area contributed by atoms with Crippen molar-refractivity contribution in [2.24, 2.45) is 5.92 Å². The molecule has 6 rings (SSSR count). The van der Waals surface area contributed by atoms with Gasteiger partial charge in [0.15, 0.2) is 5.11 Å². The minimum atomic E-state index is -0.159. The Balaban J connectivity index is 1.42. The van der Waals surface area contributed by atoms with Crippen molar-refractivity contribution < 1.29 is 0 Å². The number of anilines is 2. The topological polar surface area (TPSA) is 49.2 Å². The quantitative estimate of drug-likeness (QED) is 0.285. The lowest BCUT2D eigenvalue weighted by Crippen LogP contribution is -2.33. The van der Waals surface area contributed by atoms with Gasteiger partial charge in [-0.15, -0.1) is 0 Å². The Hall–Kier alpha value is -3.42. The van der Waals surface area contributed by atoms with E-state index in [0.29, 0.717) is 5.11 Å². The van der Waals surface area contributed by atoms with Gasteiger partial charge < -0.3 is 19.7 Å². The van der Waals surface area contributed by atoms with Crippen LogP contribution < -0.4 is 15.1 Å². The largest absolute Gasteiger partial charge is 0.370 e. The van der Waals surface area contributed by atoms with E-state index in [-0.39, 0.29) is 12.1 Å². The van der Waals surface area contributed by atoms with Crippen LogP contribution in [-0.4, -0.2) is 32.7 Å². The number of nitrogens with one attached hydrogen (secondary N) is 1. The molecule has 4 aromatic rings. The molecule has 0 radical (unpaired) electrons. The standard InChI is InChI=1S/C30H31ClN6S/c1-20-12-16-35(17-13-20)25-10-9-22(18-23(25)31)37-29(28(34-30(37)38)24-6-3-4-14-32-24)26-7-5-15-36(26)27-11-8-21(2)19-33-27/h3-11,14-15,18-20,28-29H,12-13,16-17H2,1-2H3,(H,34,38)/t28-,29-/m1/s1. The third kappa shape index (κ3) is 4.65. The number of nitrogens with zero attached hydrogens (tertiary/aromatic N) is 5. The van der Waals surface area contributed by atoms with Crippen molar-refractivity contribution in [3.05, 3.63) is 101 Å². The van der Waals surface area contributed by atoms with Gasteiger partial charge in [0.2, 0.25) is 0 Å². The van der Waals surface area contributed by atoms with E-state index in [0.717, 1.165) is 58.2 Å². The van der Waals surface area contributed by atoms with Gasteiger partial charge in [-0.1, -0.05) is 30.7 Å². The lowest BCUT2D eigenvalue weighted by molar-refractivity contribution is 0.438. The average Bonchev–Trinajstić information content (AvgIpc) is 3.54. The second-order valence-electron chi connectivity index (χ2n) is 10.3. The second kappa shape index (κ2) is 10.4. The number of hydrogen-bond acceptors (Lipinski definition) is 4. The van der Waals surface area contributed by atoms with Crippen LogP contribution in [0.25, 0.3) is 5.82 Å². The van der Waals surface area contributed by atoms with Crippen molar-refractivity contribution in [2.75, 3.05) is 22.9 Å². The van der Waals surface area contributed by atoms with Crippen LogP contribution in [0.4, 0.5) is 11.4 Å². The molecule has 8 heteroatoms. The summed E-state index contributed by atoms with van der Waals surface area (Å²) in [6, 6.07) is 20.3. The maximum absolute atomic E-state index is 6.93. The summed E-state index contributed by atoms with van der Waals surface area (Å²) in [6.07, 6.45) is 8.15. The number of aromatic nitrogens is 3. The summed E-state index contributed by atoms with van der Waals surface area (Å²) in [5.74, 6) is 1.63. The van der Waals surface area contributed by atoms with Gasteiger partial charge in [0.05, 0.1) is 22.4 Å². The number of rotatable bonds is 5. The fraction of sp³-hybridized carbons (Fsp3) is 0.300. The highest BCUT2D eigenvalue weighted by Gasteiger charge is 2.42. The van der Waals surface area contributed by atoms with Crippen molar-refractivity contribution in [3.8, 4) is 5.82 Å². The summed E-state index contributed by atoms with van der Waals surface area (Å²) in [4.78, 5) is 14.0. The van der Waals surface area contributed by atoms with Crippen LogP contribution in [0.1, 0.15) is 48.8 Å². The minimum absolute atomic E-state index is 0.148. The van der Waals surface area contributed by atoms with E-state index in [2.05, 4.69) is 68.1 Å². The number of pyridine rings is 2. The third-order valence-electron chi connectivity index (χ3n) is 7.66. The molecule has 0 spiro atoms. The highest BCUT2D eigenvalue weighted by molar-refractivity contribution is 7.80. The Morgan fingerprint density at radius 1 is 1.00 bits per heavy atom. The number of hydrogen-bond donors (Lipinski definition) is 1. The average molecular weight is 543 g/mol. The van der Waals surface area contributed by atoms with Gasteiger partial charge in [-0.05, 0) is 92.0 Å². The van der Waals surface area contributed by atoms with E-state index in [1.54, 1.807) is 0 Å². The zero-order valence-electron chi connectivity index (χ0n) is 21.6. The molecule has 6 nitrogen and oxygen atoms in total. The molecule has 3 aromatic heterocycles. The predicted molar refractivity (Wildman–Crippen MR) is 158 cm³/mol. The van der Waals surface area contributed by atoms with Crippen LogP contribution in [-0.2, 0) is 0 Å². The highest BCUT2D eigenvalue weighted by atomic mass is 35.5. The van der Waals surface area contributed by atoms with Crippen LogP contribution in [0.2, 0.25) is 5.02 Å². The number of benzene rings is 1. The molecule has 194 valence electrons. The van der Waals surface area contributed by atoms with Gasteiger partial charge in [0, 0.05) is 43.1 Å². The summed E-state index contributed by atoms with van der Waals surface area (Å²) >= 11 is 12.9. The first-order valence-corrected chi connectivity index (χ1v) is 13.9. The molecule has 0 unspecified atom stereocenters. The monoisotopic (exact) mass is 542 g/mol. The lowest BCUT2D eigenvalue weighted by atomic mass is 9.98. The number of aryl methyl sites for hydroxylation is 1. The minimum Gasteiger partial charge on any atom is -0.370 e. The fourth-order valence-electron chi connectivity index (χ4n) is 5.53. The fourth-order valence-corrected chi connectivity index (χ4v) is 6.17. The Labute approximate surface area is 234 Å². The summed E-state index contributed by atoms with van der Waals surface area (Å²) in [7, 11) is 0. The first-order chi connectivity index (χ1) is 18.5. The van der Waals surface area contributed by atoms with Crippen LogP contribution in [0.3, 0.4) is 0 Å². The first kappa shape index (κ1) is 24.9. The summed E-state index contributed by atoms with van der Waals surface area (Å²) < 4.78 is 2.13. The number of halogens is 1. The molecule has 5 heterocycles. The van der Waals surface area contributed by atoms with E-state index in [4.69, 9.17) is 28.8 Å². The Morgan fingerprint density at radius 2 is 1.84 bits per heavy atom. The normalized spacial score (nSPS) is 20.1. The second-order valence-corrected chi connectivity index (χ2v) is 11.1. The van der Waals surface area contributed by atoms with Gasteiger partial charge in [-0.25, -0.2) is 4.98 Å². The van der Waals surface area contributed by atoms with Gasteiger partial charge in [-0.3, -0.25) is 4.98 Å². The SMILES string of the molecule is Cc1ccc(-n2cccc2[C@@H]2[C@@H](c3ccccn3)NC(=S)N2c2ccc(N3CCC(C)CC3)c(Cl)c2)nc1. The van der Waals surface area contributed by atoms with Crippen molar-refractivity contribution in [1.82, 2.24) is 19.9 Å². The van der Waals surface area contributed by atoms with E-state index in [9.17, 15) is 0 Å². The molecular formula is C30H31ClN6S. The van der Waals surface area contributed by atoms with Gasteiger partial charge in [0.1, 0.15) is 11.9 Å². The van der Waals surface area contributed by atoms with Crippen LogP contribution >= 0.6 is 23.8 Å². The smallest absolute Gasteiger partial charge is 0.174 e. The zero-order chi connectivity index (χ0) is 26.2. The molecule has 2 atom stereocenters. The van der Waals surface area contributed by atoms with E-state index >= 15 is 0 Å². The molecule has 2 saturated heterocycles. The molecule has 0 amide bonds.